The van der Waals surface area contributed by atoms with E-state index in [0.29, 0.717) is 10.3 Å². The molecule has 3 heterocycles. The van der Waals surface area contributed by atoms with Crippen molar-refractivity contribution < 1.29 is 23.3 Å². The van der Waals surface area contributed by atoms with Crippen LogP contribution in [-0.2, 0) is 18.9 Å². The molecule has 5 nitrogen and oxygen atoms in total. The van der Waals surface area contributed by atoms with Gasteiger partial charge in [-0.25, -0.2) is 0 Å². The van der Waals surface area contributed by atoms with Crippen molar-refractivity contribution in [2.24, 2.45) is 11.8 Å². The van der Waals surface area contributed by atoms with E-state index in [1.807, 2.05) is 18.2 Å². The van der Waals surface area contributed by atoms with Crippen molar-refractivity contribution in [3.05, 3.63) is 48.0 Å². The molecule has 5 rings (SSSR count). The summed E-state index contributed by atoms with van der Waals surface area (Å²) in [6, 6.07) is 10.3. The third-order valence-corrected chi connectivity index (χ3v) is 6.63. The SMILES string of the molecule is C[C@H]1C=C[C@H]2C[N+]34CC(=O)O[B-]3(OC(=O)C4)[C@@H]2[C@H]1c1ccccc1. The van der Waals surface area contributed by atoms with Gasteiger partial charge in [0.05, 0.1) is 0 Å². The largest absolute Gasteiger partial charge is 0.600 e. The van der Waals surface area contributed by atoms with Crippen LogP contribution >= 0.6 is 0 Å². The zero-order chi connectivity index (χ0) is 16.5. The van der Waals surface area contributed by atoms with E-state index < -0.39 is 6.69 Å². The molecule has 0 amide bonds. The van der Waals surface area contributed by atoms with Gasteiger partial charge in [0.15, 0.2) is 0 Å². The van der Waals surface area contributed by atoms with Crippen molar-refractivity contribution in [2.45, 2.75) is 18.7 Å². The number of carbonyl (C=O) groups excluding carboxylic acids is 2. The molecule has 4 aliphatic rings. The highest BCUT2D eigenvalue weighted by molar-refractivity contribution is 6.68. The molecule has 24 heavy (non-hydrogen) atoms. The molecular weight excluding hydrogens is 305 g/mol. The lowest BCUT2D eigenvalue weighted by Crippen LogP contribution is -2.60. The lowest BCUT2D eigenvalue weighted by Gasteiger charge is -2.43. The summed E-state index contributed by atoms with van der Waals surface area (Å²) < 4.78 is 12.1. The molecule has 0 unspecified atom stereocenters. The van der Waals surface area contributed by atoms with Gasteiger partial charge in [0.2, 0.25) is 0 Å². The first-order valence-corrected chi connectivity index (χ1v) is 8.72. The summed E-state index contributed by atoms with van der Waals surface area (Å²) in [4.78, 5) is 24.3. The van der Waals surface area contributed by atoms with E-state index >= 15 is 0 Å². The van der Waals surface area contributed by atoms with Gasteiger partial charge in [0, 0.05) is 12.5 Å². The third-order valence-electron chi connectivity index (χ3n) is 6.63. The number of hydrogen-bond donors (Lipinski definition) is 0. The predicted molar refractivity (Wildman–Crippen MR) is 87.5 cm³/mol. The maximum Gasteiger partial charge on any atom is 0.588 e. The van der Waals surface area contributed by atoms with Crippen LogP contribution in [0.1, 0.15) is 18.4 Å². The number of carbonyl (C=O) groups is 2. The summed E-state index contributed by atoms with van der Waals surface area (Å²) in [5.41, 5.74) is 1.23. The van der Waals surface area contributed by atoms with E-state index in [1.165, 1.54) is 5.56 Å². The van der Waals surface area contributed by atoms with Gasteiger partial charge in [-0.3, -0.25) is 9.59 Å². The molecule has 0 spiro atoms. The Hall–Kier alpha value is -2.08. The Bertz CT molecular complexity index is 742. The van der Waals surface area contributed by atoms with Crippen molar-refractivity contribution in [3.8, 4) is 0 Å². The van der Waals surface area contributed by atoms with Crippen molar-refractivity contribution in [1.82, 2.24) is 0 Å². The van der Waals surface area contributed by atoms with E-state index in [1.54, 1.807) is 0 Å². The van der Waals surface area contributed by atoms with Crippen molar-refractivity contribution >= 4 is 18.6 Å². The number of allylic oxidation sites excluding steroid dienone is 1. The second-order valence-electron chi connectivity index (χ2n) is 7.85. The van der Waals surface area contributed by atoms with Gasteiger partial charge in [0.25, 0.3) is 0 Å². The Morgan fingerprint density at radius 3 is 2.38 bits per heavy atom. The molecular formula is C18H20BNO4. The van der Waals surface area contributed by atoms with E-state index in [2.05, 4.69) is 31.2 Å². The van der Waals surface area contributed by atoms with Crippen LogP contribution in [0, 0.1) is 11.8 Å². The van der Waals surface area contributed by atoms with Crippen LogP contribution < -0.4 is 0 Å². The van der Waals surface area contributed by atoms with Crippen LogP contribution in [0.3, 0.4) is 0 Å². The van der Waals surface area contributed by atoms with Crippen LogP contribution in [0.5, 0.6) is 0 Å². The van der Waals surface area contributed by atoms with Crippen LogP contribution in [0.25, 0.3) is 0 Å². The van der Waals surface area contributed by atoms with E-state index in [-0.39, 0.29) is 42.7 Å². The summed E-state index contributed by atoms with van der Waals surface area (Å²) in [7, 11) is 0. The van der Waals surface area contributed by atoms with Gasteiger partial charge < -0.3 is 13.7 Å². The summed E-state index contributed by atoms with van der Waals surface area (Å²) in [6.07, 6.45) is 4.52. The molecule has 1 aromatic rings. The summed E-state index contributed by atoms with van der Waals surface area (Å²) in [5.74, 6) is 0.365. The molecule has 0 saturated carbocycles. The van der Waals surface area contributed by atoms with Crippen molar-refractivity contribution in [1.29, 1.82) is 0 Å². The molecule has 0 bridgehead atoms. The number of benzene rings is 1. The summed E-state index contributed by atoms with van der Waals surface area (Å²) in [5, 5.41) is 0. The smallest absolute Gasteiger partial charge is 0.588 e. The first kappa shape index (κ1) is 14.3. The minimum absolute atomic E-state index is 0.0327. The van der Waals surface area contributed by atoms with Gasteiger partial charge in [-0.1, -0.05) is 49.4 Å². The second-order valence-corrected chi connectivity index (χ2v) is 7.85. The number of hydrogen-bond acceptors (Lipinski definition) is 4. The van der Waals surface area contributed by atoms with Crippen molar-refractivity contribution in [2.75, 3.05) is 19.6 Å². The summed E-state index contributed by atoms with van der Waals surface area (Å²) >= 11 is 0. The fraction of sp³-hybridized carbons (Fsp3) is 0.444. The van der Waals surface area contributed by atoms with E-state index in [0.717, 1.165) is 6.54 Å². The Kier molecular flexibility index (Phi) is 2.68. The minimum Gasteiger partial charge on any atom is -0.600 e. The Morgan fingerprint density at radius 1 is 1.04 bits per heavy atom. The number of quaternary nitrogens is 1. The van der Waals surface area contributed by atoms with Crippen LogP contribution in [0.2, 0.25) is 5.82 Å². The first-order chi connectivity index (χ1) is 11.5. The maximum atomic E-state index is 12.1. The van der Waals surface area contributed by atoms with Gasteiger partial charge in [-0.2, -0.15) is 0 Å². The minimum atomic E-state index is -1.96. The number of fused-ring (bicyclic) bond motifs is 1. The molecule has 3 aliphatic heterocycles. The average Bonchev–Trinajstić information content (AvgIpc) is 3.03. The lowest BCUT2D eigenvalue weighted by molar-refractivity contribution is -0.809. The molecule has 3 fully saturated rings. The molecule has 6 heteroatoms. The first-order valence-electron chi connectivity index (χ1n) is 8.72. The van der Waals surface area contributed by atoms with Crippen LogP contribution in [-0.4, -0.2) is 42.7 Å². The maximum absolute atomic E-state index is 12.1. The van der Waals surface area contributed by atoms with Gasteiger partial charge in [-0.05, 0) is 23.2 Å². The van der Waals surface area contributed by atoms with Gasteiger partial charge >= 0.3 is 18.6 Å². The molecule has 3 saturated heterocycles. The van der Waals surface area contributed by atoms with Crippen LogP contribution in [0.4, 0.5) is 0 Å². The monoisotopic (exact) mass is 325 g/mol. The molecule has 1 aromatic carbocycles. The zero-order valence-corrected chi connectivity index (χ0v) is 13.6. The molecule has 0 radical (unpaired) electrons. The topological polar surface area (TPSA) is 52.6 Å². The average molecular weight is 325 g/mol. The van der Waals surface area contributed by atoms with E-state index in [4.69, 9.17) is 9.31 Å². The zero-order valence-electron chi connectivity index (χ0n) is 13.6. The van der Waals surface area contributed by atoms with Gasteiger partial charge in [-0.15, -0.1) is 0 Å². The number of nitrogens with zero attached hydrogens (tertiary/aromatic N) is 1. The van der Waals surface area contributed by atoms with Crippen molar-refractivity contribution in [3.63, 3.8) is 0 Å². The quantitative estimate of drug-likeness (QED) is 0.584. The van der Waals surface area contributed by atoms with Gasteiger partial charge in [0.1, 0.15) is 13.1 Å². The Morgan fingerprint density at radius 2 is 1.71 bits per heavy atom. The second kappa shape index (κ2) is 4.51. The lowest BCUT2D eigenvalue weighted by atomic mass is 9.47. The van der Waals surface area contributed by atoms with Crippen LogP contribution in [0.15, 0.2) is 42.5 Å². The molecule has 124 valence electrons. The van der Waals surface area contributed by atoms with E-state index in [9.17, 15) is 9.59 Å². The molecule has 1 aliphatic carbocycles. The Labute approximate surface area is 140 Å². The highest BCUT2D eigenvalue weighted by Gasteiger charge is 2.77. The fourth-order valence-electron chi connectivity index (χ4n) is 5.88. The Balaban J connectivity index is 1.68. The molecule has 4 atom stereocenters. The third kappa shape index (κ3) is 1.59. The highest BCUT2D eigenvalue weighted by atomic mass is 16.7. The summed E-state index contributed by atoms with van der Waals surface area (Å²) in [6.45, 7) is 1.53. The normalized spacial score (nSPS) is 45.4. The standard InChI is InChI=1S/C18H20BNO4/c1-12-7-8-14-9-20-10-15(21)23-19(20,24-16(22)11-20)18(14)17(12)13-5-3-2-4-6-13/h2-8,12,14,17-18H,9-11H2,1H3/t12-,14-,17+,18-,19?,20?/m0/s1. The number of rotatable bonds is 1. The molecule has 0 N–H and O–H groups in total. The highest BCUT2D eigenvalue weighted by Crippen LogP contribution is 2.61. The fourth-order valence-corrected chi connectivity index (χ4v) is 5.88. The predicted octanol–water partition coefficient (Wildman–Crippen LogP) is 1.85. The molecule has 0 aromatic heterocycles.